The first-order chi connectivity index (χ1) is 17.9. The summed E-state index contributed by atoms with van der Waals surface area (Å²) in [4.78, 5) is 26.0. The smallest absolute Gasteiger partial charge is 0.229 e. The van der Waals surface area contributed by atoms with E-state index in [2.05, 4.69) is 53.3 Å². The van der Waals surface area contributed by atoms with Crippen LogP contribution in [0, 0.1) is 5.41 Å². The molecule has 37 heavy (non-hydrogen) atoms. The maximum atomic E-state index is 12.5. The van der Waals surface area contributed by atoms with Crippen LogP contribution in [0.1, 0.15) is 62.1 Å². The van der Waals surface area contributed by atoms with Crippen LogP contribution in [0.3, 0.4) is 0 Å². The molecule has 3 aromatic heterocycles. The Morgan fingerprint density at radius 3 is 2.86 bits per heavy atom. The van der Waals surface area contributed by atoms with Crippen LogP contribution >= 0.6 is 0 Å². The molecule has 0 fully saturated rings. The Morgan fingerprint density at radius 1 is 1.16 bits per heavy atom. The summed E-state index contributed by atoms with van der Waals surface area (Å²) >= 11 is 0. The van der Waals surface area contributed by atoms with E-state index >= 15 is 0 Å². The Hall–Kier alpha value is -4.27. The Kier molecular flexibility index (Phi) is 5.62. The number of aromatic nitrogens is 4. The maximum absolute atomic E-state index is 12.5. The first-order valence-corrected chi connectivity index (χ1v) is 12.6. The fraction of sp³-hybridized carbons (Fsp3) is 0.321. The van der Waals surface area contributed by atoms with E-state index < -0.39 is 5.41 Å². The van der Waals surface area contributed by atoms with Gasteiger partial charge >= 0.3 is 0 Å². The van der Waals surface area contributed by atoms with E-state index in [1.807, 2.05) is 63.6 Å². The first-order valence-electron chi connectivity index (χ1n) is 12.6. The van der Waals surface area contributed by atoms with Gasteiger partial charge in [-0.1, -0.05) is 39.0 Å². The van der Waals surface area contributed by atoms with Gasteiger partial charge in [0.15, 0.2) is 0 Å². The molecule has 9 heteroatoms. The van der Waals surface area contributed by atoms with Gasteiger partial charge in [-0.05, 0) is 30.2 Å². The number of allylic oxidation sites excluding steroid dienone is 1. The van der Waals surface area contributed by atoms with E-state index in [0.29, 0.717) is 12.2 Å². The normalized spacial score (nSPS) is 22.2. The molecular formula is C28H30N8O. The van der Waals surface area contributed by atoms with Crippen molar-refractivity contribution in [1.29, 1.82) is 0 Å². The Labute approximate surface area is 214 Å². The van der Waals surface area contributed by atoms with Gasteiger partial charge in [0.05, 0.1) is 41.1 Å². The van der Waals surface area contributed by atoms with Gasteiger partial charge in [-0.15, -0.1) is 0 Å². The first kappa shape index (κ1) is 23.1. The lowest BCUT2D eigenvalue weighted by atomic mass is 9.92. The summed E-state index contributed by atoms with van der Waals surface area (Å²) in [6.07, 6.45) is 12.3. The molecule has 3 aromatic rings. The number of nitrogens with one attached hydrogen (secondary N) is 4. The fourth-order valence-electron chi connectivity index (χ4n) is 4.92. The van der Waals surface area contributed by atoms with Crippen LogP contribution in [0.25, 0.3) is 12.2 Å². The summed E-state index contributed by atoms with van der Waals surface area (Å²) in [5, 5.41) is 20.2. The zero-order valence-electron chi connectivity index (χ0n) is 21.1. The Morgan fingerprint density at radius 2 is 2.05 bits per heavy atom. The molecule has 0 aromatic carbocycles. The number of carbonyl (C=O) groups excluding carboxylic acids is 1. The lowest BCUT2D eigenvalue weighted by molar-refractivity contribution is -0.123. The van der Waals surface area contributed by atoms with Crippen LogP contribution < -0.4 is 26.5 Å². The number of rotatable bonds is 4. The molecule has 3 atom stereocenters. The summed E-state index contributed by atoms with van der Waals surface area (Å²) in [6.45, 7) is 6.35. The standard InChI is InChI=1S/C28H30N8O/c1-28(2,3)27(37)32-18-10-17(12-29-13-18)16-7-8-22-19(11-16)25(36-35-22)26-33-23-15-30-14-20(24(23)34-26)21-6-4-5-9-31-21/h4-6,8-13,15-16,20,26,33-35H,7,14H2,1-3H3,(H,32,37). The number of hydrogen-bond donors (Lipinski definition) is 4. The van der Waals surface area contributed by atoms with Crippen molar-refractivity contribution >= 4 is 30.0 Å². The van der Waals surface area contributed by atoms with E-state index in [-0.39, 0.29) is 23.9 Å². The number of amides is 1. The average Bonchev–Trinajstić information content (AvgIpc) is 3.52. The number of aromatic amines is 1. The summed E-state index contributed by atoms with van der Waals surface area (Å²) in [7, 11) is 0. The third kappa shape index (κ3) is 4.41. The number of anilines is 1. The molecule has 0 radical (unpaired) electrons. The molecule has 3 unspecified atom stereocenters. The van der Waals surface area contributed by atoms with E-state index in [1.165, 1.54) is 0 Å². The van der Waals surface area contributed by atoms with E-state index in [0.717, 1.165) is 45.3 Å². The molecule has 5 heterocycles. The monoisotopic (exact) mass is 494 g/mol. The molecule has 0 saturated carbocycles. The van der Waals surface area contributed by atoms with Crippen LogP contribution in [0.2, 0.25) is 0 Å². The predicted molar refractivity (Wildman–Crippen MR) is 143 cm³/mol. The second-order valence-corrected chi connectivity index (χ2v) is 10.7. The molecule has 0 bridgehead atoms. The van der Waals surface area contributed by atoms with Crippen molar-refractivity contribution in [3.05, 3.63) is 81.8 Å². The third-order valence-corrected chi connectivity index (χ3v) is 7.00. The van der Waals surface area contributed by atoms with Crippen LogP contribution in [-0.2, 0) is 4.79 Å². The second kappa shape index (κ2) is 8.99. The van der Waals surface area contributed by atoms with Gasteiger partial charge in [-0.3, -0.25) is 24.9 Å². The molecule has 9 nitrogen and oxygen atoms in total. The van der Waals surface area contributed by atoms with Gasteiger partial charge in [0.1, 0.15) is 11.9 Å². The molecular weight excluding hydrogens is 464 g/mol. The maximum Gasteiger partial charge on any atom is 0.229 e. The van der Waals surface area contributed by atoms with Gasteiger partial charge in [0.25, 0.3) is 0 Å². The topological polar surface area (TPSA) is 120 Å². The largest absolute Gasteiger partial charge is 0.361 e. The minimum atomic E-state index is -0.476. The van der Waals surface area contributed by atoms with Crippen LogP contribution in [0.15, 0.2) is 59.2 Å². The Bertz CT molecular complexity index is 1530. The van der Waals surface area contributed by atoms with Crippen LogP contribution in [0.4, 0.5) is 5.69 Å². The molecule has 1 aliphatic carbocycles. The number of hydrogen-bond acceptors (Lipinski definition) is 7. The molecule has 6 rings (SSSR count). The van der Waals surface area contributed by atoms with Crippen LogP contribution in [-0.4, -0.2) is 38.8 Å². The lowest BCUT2D eigenvalue weighted by Crippen LogP contribution is -2.35. The molecule has 0 spiro atoms. The lowest BCUT2D eigenvalue weighted by Gasteiger charge is -2.20. The van der Waals surface area contributed by atoms with Crippen LogP contribution in [0.5, 0.6) is 0 Å². The highest BCUT2D eigenvalue weighted by molar-refractivity contribution is 5.94. The van der Waals surface area contributed by atoms with Crippen molar-refractivity contribution in [1.82, 2.24) is 30.8 Å². The van der Waals surface area contributed by atoms with Crippen molar-refractivity contribution in [3.63, 3.8) is 0 Å². The minimum absolute atomic E-state index is 0.0348. The average molecular weight is 495 g/mol. The highest BCUT2D eigenvalue weighted by atomic mass is 16.2. The molecule has 3 aliphatic rings. The van der Waals surface area contributed by atoms with Crippen molar-refractivity contribution in [2.75, 3.05) is 11.9 Å². The van der Waals surface area contributed by atoms with Gasteiger partial charge in [-0.25, -0.2) is 0 Å². The quantitative estimate of drug-likeness (QED) is 0.442. The summed E-state index contributed by atoms with van der Waals surface area (Å²) in [5.74, 6) is 0.163. The molecule has 1 amide bonds. The number of carbonyl (C=O) groups is 1. The molecule has 2 aliphatic heterocycles. The van der Waals surface area contributed by atoms with E-state index in [4.69, 9.17) is 0 Å². The summed E-state index contributed by atoms with van der Waals surface area (Å²) < 4.78 is 0. The molecule has 0 saturated heterocycles. The highest BCUT2D eigenvalue weighted by Gasteiger charge is 2.33. The van der Waals surface area contributed by atoms with E-state index in [9.17, 15) is 4.79 Å². The summed E-state index contributed by atoms with van der Waals surface area (Å²) in [5.41, 5.74) is 5.26. The predicted octanol–water partition coefficient (Wildman–Crippen LogP) is 2.20. The van der Waals surface area contributed by atoms with Crippen molar-refractivity contribution in [3.8, 4) is 0 Å². The third-order valence-electron chi connectivity index (χ3n) is 7.00. The number of fused-ring (bicyclic) bond motifs is 1. The van der Waals surface area contributed by atoms with Gasteiger partial charge in [-0.2, -0.15) is 5.10 Å². The van der Waals surface area contributed by atoms with Crippen molar-refractivity contribution in [2.24, 2.45) is 10.4 Å². The number of aliphatic imine (C=N–C) groups is 1. The zero-order chi connectivity index (χ0) is 25.6. The number of H-pyrrole nitrogens is 1. The number of pyridine rings is 2. The summed E-state index contributed by atoms with van der Waals surface area (Å²) in [6, 6.07) is 7.99. The fourth-order valence-corrected chi connectivity index (χ4v) is 4.92. The van der Waals surface area contributed by atoms with Gasteiger partial charge < -0.3 is 16.0 Å². The SMILES string of the molecule is CC(C)(C)C(=O)Nc1cncc(C2C=c3c(C4NC5=C(N4)C(c4ccccn4)CN=C5)n[nH]c3=CC2)c1. The van der Waals surface area contributed by atoms with Gasteiger partial charge in [0.2, 0.25) is 5.91 Å². The van der Waals surface area contributed by atoms with E-state index in [1.54, 1.807) is 6.20 Å². The van der Waals surface area contributed by atoms with Gasteiger partial charge in [0, 0.05) is 40.9 Å². The molecule has 4 N–H and O–H groups in total. The van der Waals surface area contributed by atoms with Crippen molar-refractivity contribution < 1.29 is 4.79 Å². The second-order valence-electron chi connectivity index (χ2n) is 10.7. The minimum Gasteiger partial charge on any atom is -0.361 e. The number of nitrogens with zero attached hydrogens (tertiary/aromatic N) is 4. The zero-order valence-corrected chi connectivity index (χ0v) is 21.1. The highest BCUT2D eigenvalue weighted by Crippen LogP contribution is 2.32. The molecule has 188 valence electrons. The Balaban J connectivity index is 1.26. The van der Waals surface area contributed by atoms with Crippen molar-refractivity contribution in [2.45, 2.75) is 45.2 Å². The number of dihydropyridines is 1.